The summed E-state index contributed by atoms with van der Waals surface area (Å²) in [6.45, 7) is 6.64. The van der Waals surface area contributed by atoms with Crippen molar-refractivity contribution in [3.63, 3.8) is 0 Å². The highest BCUT2D eigenvalue weighted by atomic mass is 127. The number of amides is 2. The molecule has 0 saturated carbocycles. The van der Waals surface area contributed by atoms with E-state index in [1.807, 2.05) is 45.0 Å². The maximum absolute atomic E-state index is 11.8. The molecule has 0 bridgehead atoms. The fourth-order valence-corrected chi connectivity index (χ4v) is 2.59. The predicted molar refractivity (Wildman–Crippen MR) is 104 cm³/mol. The van der Waals surface area contributed by atoms with Crippen LogP contribution in [0.3, 0.4) is 0 Å². The molecule has 24 heavy (non-hydrogen) atoms. The lowest BCUT2D eigenvalue weighted by molar-refractivity contribution is -0.121. The summed E-state index contributed by atoms with van der Waals surface area (Å²) in [5.41, 5.74) is 0.659. The molecule has 0 atom stereocenters. The number of carbonyl (C=O) groups excluding carboxylic acids is 2. The van der Waals surface area contributed by atoms with E-state index in [0.717, 1.165) is 28.4 Å². The Morgan fingerprint density at radius 2 is 1.79 bits per heavy atom. The Labute approximate surface area is 158 Å². The predicted octanol–water partition coefficient (Wildman–Crippen LogP) is 3.99. The third kappa shape index (κ3) is 9.75. The molecule has 0 aliphatic rings. The summed E-state index contributed by atoms with van der Waals surface area (Å²) in [4.78, 5) is 23.3. The SMILES string of the molecule is CC(C)(C)OC(=O)NCCCCCC(=O)NCc1ccccc1I. The number of ether oxygens (including phenoxy) is 1. The molecule has 5 nitrogen and oxygen atoms in total. The molecule has 0 fully saturated rings. The Hall–Kier alpha value is -1.31. The number of benzene rings is 1. The quantitative estimate of drug-likeness (QED) is 0.469. The smallest absolute Gasteiger partial charge is 0.407 e. The van der Waals surface area contributed by atoms with Gasteiger partial charge in [0, 0.05) is 23.1 Å². The molecule has 1 aromatic carbocycles. The van der Waals surface area contributed by atoms with Gasteiger partial charge in [0.2, 0.25) is 5.91 Å². The second-order valence-corrected chi connectivity index (χ2v) is 7.77. The van der Waals surface area contributed by atoms with E-state index in [1.165, 1.54) is 0 Å². The van der Waals surface area contributed by atoms with Crippen LogP contribution in [-0.2, 0) is 16.1 Å². The molecular weight excluding hydrogens is 419 g/mol. The molecule has 2 N–H and O–H groups in total. The minimum atomic E-state index is -0.473. The highest BCUT2D eigenvalue weighted by Crippen LogP contribution is 2.11. The molecular formula is C18H27IN2O3. The van der Waals surface area contributed by atoms with Gasteiger partial charge in [0.15, 0.2) is 0 Å². The number of hydrogen-bond acceptors (Lipinski definition) is 3. The first-order chi connectivity index (χ1) is 11.3. The van der Waals surface area contributed by atoms with Crippen LogP contribution >= 0.6 is 22.6 Å². The standard InChI is InChI=1S/C18H27IN2O3/c1-18(2,3)24-17(23)20-12-8-4-5-11-16(22)21-13-14-9-6-7-10-15(14)19/h6-7,9-10H,4-5,8,11-13H2,1-3H3,(H,20,23)(H,21,22). The molecule has 2 amide bonds. The minimum Gasteiger partial charge on any atom is -0.444 e. The van der Waals surface area contributed by atoms with E-state index in [1.54, 1.807) is 0 Å². The van der Waals surface area contributed by atoms with Crippen molar-refractivity contribution < 1.29 is 14.3 Å². The van der Waals surface area contributed by atoms with Crippen LogP contribution in [0.5, 0.6) is 0 Å². The van der Waals surface area contributed by atoms with Crippen molar-refractivity contribution in [2.75, 3.05) is 6.54 Å². The third-order valence-electron chi connectivity index (χ3n) is 3.18. The maximum atomic E-state index is 11.8. The summed E-state index contributed by atoms with van der Waals surface area (Å²) in [6.07, 6.45) is 2.66. The second kappa shape index (κ2) is 10.5. The molecule has 0 saturated heterocycles. The average Bonchev–Trinajstić information content (AvgIpc) is 2.48. The number of hydrogen-bond donors (Lipinski definition) is 2. The van der Waals surface area contributed by atoms with Gasteiger partial charge < -0.3 is 15.4 Å². The maximum Gasteiger partial charge on any atom is 0.407 e. The van der Waals surface area contributed by atoms with Gasteiger partial charge in [-0.25, -0.2) is 4.79 Å². The van der Waals surface area contributed by atoms with Crippen LogP contribution < -0.4 is 10.6 Å². The first kappa shape index (κ1) is 20.7. The van der Waals surface area contributed by atoms with E-state index in [9.17, 15) is 9.59 Å². The van der Waals surface area contributed by atoms with Crippen LogP contribution in [-0.4, -0.2) is 24.1 Å². The van der Waals surface area contributed by atoms with E-state index >= 15 is 0 Å². The summed E-state index contributed by atoms with van der Waals surface area (Å²) in [6, 6.07) is 8.00. The average molecular weight is 446 g/mol. The lowest BCUT2D eigenvalue weighted by atomic mass is 10.2. The van der Waals surface area contributed by atoms with Gasteiger partial charge >= 0.3 is 6.09 Å². The number of nitrogens with one attached hydrogen (secondary N) is 2. The monoisotopic (exact) mass is 446 g/mol. The van der Waals surface area contributed by atoms with Crippen molar-refractivity contribution in [2.45, 2.75) is 58.6 Å². The topological polar surface area (TPSA) is 67.4 Å². The highest BCUT2D eigenvalue weighted by Gasteiger charge is 2.15. The molecule has 0 aromatic heterocycles. The van der Waals surface area contributed by atoms with Gasteiger partial charge in [0.25, 0.3) is 0 Å². The molecule has 0 spiro atoms. The zero-order chi connectivity index (χ0) is 18.0. The van der Waals surface area contributed by atoms with Crippen LogP contribution in [0.15, 0.2) is 24.3 Å². The second-order valence-electron chi connectivity index (χ2n) is 6.61. The molecule has 0 unspecified atom stereocenters. The lowest BCUT2D eigenvalue weighted by Crippen LogP contribution is -2.33. The van der Waals surface area contributed by atoms with Crippen molar-refractivity contribution in [3.8, 4) is 0 Å². The molecule has 1 aromatic rings. The third-order valence-corrected chi connectivity index (χ3v) is 4.24. The Balaban J connectivity index is 2.06. The number of rotatable bonds is 8. The molecule has 134 valence electrons. The van der Waals surface area contributed by atoms with E-state index < -0.39 is 11.7 Å². The van der Waals surface area contributed by atoms with Crippen LogP contribution in [0.2, 0.25) is 0 Å². The van der Waals surface area contributed by atoms with E-state index in [2.05, 4.69) is 33.2 Å². The fraction of sp³-hybridized carbons (Fsp3) is 0.556. The van der Waals surface area contributed by atoms with Crippen molar-refractivity contribution in [1.82, 2.24) is 10.6 Å². The normalized spacial score (nSPS) is 11.0. The fourth-order valence-electron chi connectivity index (χ4n) is 2.02. The summed E-state index contributed by atoms with van der Waals surface area (Å²) in [5, 5.41) is 5.66. The number of carbonyl (C=O) groups is 2. The molecule has 0 radical (unpaired) electrons. The molecule has 0 aliphatic heterocycles. The zero-order valence-electron chi connectivity index (χ0n) is 14.7. The van der Waals surface area contributed by atoms with E-state index in [4.69, 9.17) is 4.74 Å². The number of alkyl carbamates (subject to hydrolysis) is 1. The van der Waals surface area contributed by atoms with Gasteiger partial charge in [-0.2, -0.15) is 0 Å². The zero-order valence-corrected chi connectivity index (χ0v) is 16.8. The number of halogens is 1. The van der Waals surface area contributed by atoms with E-state index in [0.29, 0.717) is 19.5 Å². The van der Waals surface area contributed by atoms with Crippen molar-refractivity contribution in [1.29, 1.82) is 0 Å². The Morgan fingerprint density at radius 3 is 2.46 bits per heavy atom. The van der Waals surface area contributed by atoms with E-state index in [-0.39, 0.29) is 5.91 Å². The Kier molecular flexibility index (Phi) is 9.10. The van der Waals surface area contributed by atoms with Crippen molar-refractivity contribution in [3.05, 3.63) is 33.4 Å². The minimum absolute atomic E-state index is 0.0646. The van der Waals surface area contributed by atoms with Gasteiger partial charge in [-0.05, 0) is 67.8 Å². The summed E-state index contributed by atoms with van der Waals surface area (Å²) in [5.74, 6) is 0.0646. The molecule has 0 aliphatic carbocycles. The molecule has 6 heteroatoms. The van der Waals surface area contributed by atoms with Crippen LogP contribution in [0.1, 0.15) is 52.0 Å². The van der Waals surface area contributed by atoms with Crippen molar-refractivity contribution in [2.24, 2.45) is 0 Å². The lowest BCUT2D eigenvalue weighted by Gasteiger charge is -2.19. The highest BCUT2D eigenvalue weighted by molar-refractivity contribution is 14.1. The van der Waals surface area contributed by atoms with Crippen molar-refractivity contribution >= 4 is 34.6 Å². The largest absolute Gasteiger partial charge is 0.444 e. The summed E-state index contributed by atoms with van der Waals surface area (Å²) >= 11 is 2.27. The number of unbranched alkanes of at least 4 members (excludes halogenated alkanes) is 2. The Morgan fingerprint density at radius 1 is 1.08 bits per heavy atom. The summed E-state index contributed by atoms with van der Waals surface area (Å²) < 4.78 is 6.31. The Bertz CT molecular complexity index is 541. The van der Waals surface area contributed by atoms with Gasteiger partial charge in [-0.3, -0.25) is 4.79 Å². The van der Waals surface area contributed by atoms with Crippen LogP contribution in [0, 0.1) is 3.57 Å². The molecule has 0 heterocycles. The van der Waals surface area contributed by atoms with Gasteiger partial charge in [-0.15, -0.1) is 0 Å². The first-order valence-electron chi connectivity index (χ1n) is 8.25. The van der Waals surface area contributed by atoms with Gasteiger partial charge in [0.1, 0.15) is 5.60 Å². The summed E-state index contributed by atoms with van der Waals surface area (Å²) in [7, 11) is 0. The first-order valence-corrected chi connectivity index (χ1v) is 9.33. The van der Waals surface area contributed by atoms with Crippen LogP contribution in [0.4, 0.5) is 4.79 Å². The van der Waals surface area contributed by atoms with Gasteiger partial charge in [0.05, 0.1) is 0 Å². The van der Waals surface area contributed by atoms with Gasteiger partial charge in [-0.1, -0.05) is 24.6 Å². The molecule has 1 rings (SSSR count). The van der Waals surface area contributed by atoms with Crippen LogP contribution in [0.25, 0.3) is 0 Å².